The molecule has 0 unspecified atom stereocenters. The number of hydrogen-bond donors (Lipinski definition) is 1. The van der Waals surface area contributed by atoms with Gasteiger partial charge >= 0.3 is 0 Å². The first-order valence-corrected chi connectivity index (χ1v) is 8.79. The summed E-state index contributed by atoms with van der Waals surface area (Å²) in [7, 11) is 0. The minimum atomic E-state index is 0.0946. The average molecular weight is 385 g/mol. The highest BCUT2D eigenvalue weighted by Gasteiger charge is 2.11. The van der Waals surface area contributed by atoms with Crippen molar-refractivity contribution in [1.82, 2.24) is 5.32 Å². The van der Waals surface area contributed by atoms with Crippen molar-refractivity contribution >= 4 is 39.3 Å². The molecule has 112 valence electrons. The van der Waals surface area contributed by atoms with Gasteiger partial charge in [0.15, 0.2) is 0 Å². The Morgan fingerprint density at radius 3 is 2.57 bits per heavy atom. The van der Waals surface area contributed by atoms with E-state index in [1.54, 1.807) is 11.8 Å². The fraction of sp³-hybridized carbons (Fsp3) is 0.294. The SMILES string of the molecule is CC(C)(C)NCc1ccc(Cl)cc1Sc1cccc(Br)c1. The Labute approximate surface area is 144 Å². The zero-order valence-electron chi connectivity index (χ0n) is 12.4. The zero-order chi connectivity index (χ0) is 15.5. The van der Waals surface area contributed by atoms with E-state index in [2.05, 4.69) is 60.2 Å². The van der Waals surface area contributed by atoms with E-state index < -0.39 is 0 Å². The second kappa shape index (κ2) is 7.19. The van der Waals surface area contributed by atoms with Crippen LogP contribution in [0.25, 0.3) is 0 Å². The molecule has 2 aromatic rings. The lowest BCUT2D eigenvalue weighted by Crippen LogP contribution is -2.35. The van der Waals surface area contributed by atoms with Crippen LogP contribution in [0.5, 0.6) is 0 Å². The predicted octanol–water partition coefficient (Wildman–Crippen LogP) is 6.14. The van der Waals surface area contributed by atoms with Crippen molar-refractivity contribution in [1.29, 1.82) is 0 Å². The van der Waals surface area contributed by atoms with Gasteiger partial charge < -0.3 is 5.32 Å². The van der Waals surface area contributed by atoms with E-state index >= 15 is 0 Å². The fourth-order valence-corrected chi connectivity index (χ4v) is 3.62. The van der Waals surface area contributed by atoms with Crippen molar-refractivity contribution in [2.45, 2.75) is 42.6 Å². The minimum absolute atomic E-state index is 0.0946. The molecule has 2 rings (SSSR count). The lowest BCUT2D eigenvalue weighted by atomic mass is 10.1. The standard InChI is InChI=1S/C17H19BrClNS/c1-17(2,3)20-11-12-7-8-14(19)10-16(12)21-15-6-4-5-13(18)9-15/h4-10,20H,11H2,1-3H3. The molecule has 0 aliphatic rings. The molecule has 0 heterocycles. The molecule has 0 fully saturated rings. The maximum Gasteiger partial charge on any atom is 0.0417 e. The first-order chi connectivity index (χ1) is 9.83. The molecular formula is C17H19BrClNS. The van der Waals surface area contributed by atoms with Gasteiger partial charge in [0.05, 0.1) is 0 Å². The number of benzene rings is 2. The predicted molar refractivity (Wildman–Crippen MR) is 96.3 cm³/mol. The Morgan fingerprint density at radius 2 is 1.90 bits per heavy atom. The van der Waals surface area contributed by atoms with Crippen molar-refractivity contribution < 1.29 is 0 Å². The van der Waals surface area contributed by atoms with Gasteiger partial charge in [-0.1, -0.05) is 51.4 Å². The molecule has 2 aromatic carbocycles. The summed E-state index contributed by atoms with van der Waals surface area (Å²) in [6.07, 6.45) is 0. The van der Waals surface area contributed by atoms with E-state index in [1.807, 2.05) is 24.3 Å². The van der Waals surface area contributed by atoms with E-state index in [4.69, 9.17) is 11.6 Å². The van der Waals surface area contributed by atoms with Gasteiger partial charge in [-0.05, 0) is 56.7 Å². The maximum atomic E-state index is 6.16. The topological polar surface area (TPSA) is 12.0 Å². The second-order valence-corrected chi connectivity index (χ2v) is 8.38. The summed E-state index contributed by atoms with van der Waals surface area (Å²) in [6, 6.07) is 14.4. The van der Waals surface area contributed by atoms with Gasteiger partial charge in [-0.25, -0.2) is 0 Å². The summed E-state index contributed by atoms with van der Waals surface area (Å²) in [5.41, 5.74) is 1.36. The van der Waals surface area contributed by atoms with Crippen LogP contribution in [-0.2, 0) is 6.54 Å². The van der Waals surface area contributed by atoms with Crippen LogP contribution >= 0.6 is 39.3 Å². The lowest BCUT2D eigenvalue weighted by Gasteiger charge is -2.21. The molecular weight excluding hydrogens is 366 g/mol. The first kappa shape index (κ1) is 16.9. The van der Waals surface area contributed by atoms with Crippen LogP contribution in [0.4, 0.5) is 0 Å². The summed E-state index contributed by atoms with van der Waals surface area (Å²) in [4.78, 5) is 2.39. The van der Waals surface area contributed by atoms with Gasteiger partial charge in [0, 0.05) is 31.4 Å². The van der Waals surface area contributed by atoms with Crippen LogP contribution in [-0.4, -0.2) is 5.54 Å². The Hall–Kier alpha value is -0.480. The van der Waals surface area contributed by atoms with Gasteiger partial charge in [-0.3, -0.25) is 0 Å². The molecule has 0 spiro atoms. The van der Waals surface area contributed by atoms with Crippen molar-refractivity contribution in [3.05, 3.63) is 57.5 Å². The molecule has 1 nitrogen and oxygen atoms in total. The normalized spacial score (nSPS) is 11.7. The third kappa shape index (κ3) is 5.67. The van der Waals surface area contributed by atoms with Gasteiger partial charge in [-0.15, -0.1) is 0 Å². The minimum Gasteiger partial charge on any atom is -0.308 e. The second-order valence-electron chi connectivity index (χ2n) is 5.92. The Kier molecular flexibility index (Phi) is 5.78. The molecule has 0 aliphatic carbocycles. The first-order valence-electron chi connectivity index (χ1n) is 6.80. The summed E-state index contributed by atoms with van der Waals surface area (Å²) < 4.78 is 1.09. The van der Waals surface area contributed by atoms with Gasteiger partial charge in [0.25, 0.3) is 0 Å². The Morgan fingerprint density at radius 1 is 1.14 bits per heavy atom. The quantitative estimate of drug-likeness (QED) is 0.679. The monoisotopic (exact) mass is 383 g/mol. The molecule has 21 heavy (non-hydrogen) atoms. The van der Waals surface area contributed by atoms with Crippen molar-refractivity contribution in [2.24, 2.45) is 0 Å². The van der Waals surface area contributed by atoms with Crippen molar-refractivity contribution in [3.8, 4) is 0 Å². The summed E-state index contributed by atoms with van der Waals surface area (Å²) in [5.74, 6) is 0. The molecule has 4 heteroatoms. The van der Waals surface area contributed by atoms with E-state index in [0.717, 1.165) is 16.0 Å². The van der Waals surface area contributed by atoms with E-state index in [1.165, 1.54) is 15.4 Å². The molecule has 0 aliphatic heterocycles. The van der Waals surface area contributed by atoms with E-state index in [-0.39, 0.29) is 5.54 Å². The van der Waals surface area contributed by atoms with Gasteiger partial charge in [0.2, 0.25) is 0 Å². The molecule has 0 aromatic heterocycles. The number of rotatable bonds is 4. The smallest absolute Gasteiger partial charge is 0.0417 e. The zero-order valence-corrected chi connectivity index (χ0v) is 15.6. The average Bonchev–Trinajstić information content (AvgIpc) is 2.36. The third-order valence-corrected chi connectivity index (χ3v) is 4.68. The highest BCUT2D eigenvalue weighted by Crippen LogP contribution is 2.33. The van der Waals surface area contributed by atoms with E-state index in [9.17, 15) is 0 Å². The Balaban J connectivity index is 2.23. The van der Waals surface area contributed by atoms with Gasteiger partial charge in [0.1, 0.15) is 0 Å². The summed E-state index contributed by atoms with van der Waals surface area (Å²) in [6.45, 7) is 7.34. The highest BCUT2D eigenvalue weighted by atomic mass is 79.9. The molecule has 0 bridgehead atoms. The lowest BCUT2D eigenvalue weighted by molar-refractivity contribution is 0.422. The largest absolute Gasteiger partial charge is 0.308 e. The number of nitrogens with one attached hydrogen (secondary N) is 1. The molecule has 0 atom stereocenters. The summed E-state index contributed by atoms with van der Waals surface area (Å²) >= 11 is 11.4. The number of halogens is 2. The van der Waals surface area contributed by atoms with Crippen LogP contribution in [0.3, 0.4) is 0 Å². The van der Waals surface area contributed by atoms with E-state index in [0.29, 0.717) is 0 Å². The third-order valence-electron chi connectivity index (χ3n) is 2.86. The van der Waals surface area contributed by atoms with Crippen LogP contribution in [0.15, 0.2) is 56.7 Å². The number of hydrogen-bond acceptors (Lipinski definition) is 2. The maximum absolute atomic E-state index is 6.16. The fourth-order valence-electron chi connectivity index (χ4n) is 1.79. The van der Waals surface area contributed by atoms with Crippen LogP contribution in [0.1, 0.15) is 26.3 Å². The molecule has 0 radical (unpaired) electrons. The van der Waals surface area contributed by atoms with Crippen LogP contribution < -0.4 is 5.32 Å². The van der Waals surface area contributed by atoms with Crippen molar-refractivity contribution in [2.75, 3.05) is 0 Å². The van der Waals surface area contributed by atoms with Crippen LogP contribution in [0.2, 0.25) is 5.02 Å². The van der Waals surface area contributed by atoms with Crippen LogP contribution in [0, 0.1) is 0 Å². The molecule has 0 saturated heterocycles. The highest BCUT2D eigenvalue weighted by molar-refractivity contribution is 9.10. The Bertz CT molecular complexity index is 622. The van der Waals surface area contributed by atoms with Gasteiger partial charge in [-0.2, -0.15) is 0 Å². The molecule has 0 amide bonds. The molecule has 1 N–H and O–H groups in total. The molecule has 0 saturated carbocycles. The van der Waals surface area contributed by atoms with Crippen molar-refractivity contribution in [3.63, 3.8) is 0 Å². The summed E-state index contributed by atoms with van der Waals surface area (Å²) in [5, 5.41) is 4.30.